The second-order valence-corrected chi connectivity index (χ2v) is 14.9. The number of nitrogens with zero attached hydrogens (tertiary/aromatic N) is 2. The Balaban J connectivity index is 1.96. The molecule has 10 heteroatoms. The van der Waals surface area contributed by atoms with Gasteiger partial charge in [-0.1, -0.05) is 41.4 Å². The third-order valence-corrected chi connectivity index (χ3v) is 10.6. The average Bonchev–Trinajstić information content (AvgIpc) is 3.66. The predicted molar refractivity (Wildman–Crippen MR) is 145 cm³/mol. The number of carbonyl (C=O) groups is 1. The smallest absolute Gasteiger partial charge is 0.256 e. The van der Waals surface area contributed by atoms with Gasteiger partial charge in [0.2, 0.25) is 0 Å². The van der Waals surface area contributed by atoms with Gasteiger partial charge in [0.15, 0.2) is 15.4 Å². The SMILES string of the molecule is CC(C)(C)S(=O)(=O)CC(C1CC1)N1C(=O)[C@@](C)(CC#N)O[C@H](c2cccc(Cl)c2)[C@@H]1c1ccc(Cl)c(F)c1. The molecule has 2 aromatic carbocycles. The Morgan fingerprint density at radius 2 is 1.87 bits per heavy atom. The zero-order valence-electron chi connectivity index (χ0n) is 21.7. The zero-order chi connectivity index (χ0) is 28.0. The van der Waals surface area contributed by atoms with Crippen molar-refractivity contribution in [1.82, 2.24) is 4.90 Å². The highest BCUT2D eigenvalue weighted by Gasteiger charge is 2.56. The van der Waals surface area contributed by atoms with Crippen molar-refractivity contribution < 1.29 is 22.3 Å². The van der Waals surface area contributed by atoms with Crippen LogP contribution < -0.4 is 0 Å². The maximum atomic E-state index is 14.8. The lowest BCUT2D eigenvalue weighted by Crippen LogP contribution is -2.62. The summed E-state index contributed by atoms with van der Waals surface area (Å²) in [5, 5.41) is 9.97. The highest BCUT2D eigenvalue weighted by atomic mass is 35.5. The first-order valence-electron chi connectivity index (χ1n) is 12.5. The largest absolute Gasteiger partial charge is 0.354 e. The van der Waals surface area contributed by atoms with E-state index in [2.05, 4.69) is 0 Å². The van der Waals surface area contributed by atoms with Gasteiger partial charge in [0.25, 0.3) is 5.91 Å². The van der Waals surface area contributed by atoms with Crippen molar-refractivity contribution in [3.63, 3.8) is 0 Å². The Morgan fingerprint density at radius 3 is 2.42 bits per heavy atom. The van der Waals surface area contributed by atoms with Crippen LogP contribution in [0, 0.1) is 23.1 Å². The van der Waals surface area contributed by atoms with Gasteiger partial charge < -0.3 is 9.64 Å². The van der Waals surface area contributed by atoms with Crippen LogP contribution in [0.25, 0.3) is 0 Å². The van der Waals surface area contributed by atoms with Gasteiger partial charge in [-0.05, 0) is 81.8 Å². The Labute approximate surface area is 233 Å². The molecule has 0 N–H and O–H groups in total. The molecule has 2 aromatic rings. The quantitative estimate of drug-likeness (QED) is 0.376. The summed E-state index contributed by atoms with van der Waals surface area (Å²) in [4.78, 5) is 15.8. The summed E-state index contributed by atoms with van der Waals surface area (Å²) >= 11 is 12.3. The van der Waals surface area contributed by atoms with Gasteiger partial charge in [-0.25, -0.2) is 12.8 Å². The number of amides is 1. The molecule has 204 valence electrons. The van der Waals surface area contributed by atoms with Crippen molar-refractivity contribution in [2.45, 2.75) is 75.5 Å². The van der Waals surface area contributed by atoms with E-state index in [0.29, 0.717) is 16.1 Å². The minimum Gasteiger partial charge on any atom is -0.354 e. The second kappa shape index (κ2) is 10.4. The van der Waals surface area contributed by atoms with Crippen LogP contribution >= 0.6 is 23.2 Å². The molecule has 2 fully saturated rings. The number of sulfone groups is 1. The van der Waals surface area contributed by atoms with Crippen LogP contribution in [0.4, 0.5) is 4.39 Å². The fourth-order valence-corrected chi connectivity index (χ4v) is 6.63. The average molecular weight is 582 g/mol. The lowest BCUT2D eigenvalue weighted by Gasteiger charge is -2.51. The first-order chi connectivity index (χ1) is 17.7. The molecule has 1 saturated carbocycles. The summed E-state index contributed by atoms with van der Waals surface area (Å²) in [6.07, 6.45) is 0.412. The minimum atomic E-state index is -3.65. The molecule has 1 unspecified atom stereocenters. The number of carbonyl (C=O) groups excluding carboxylic acids is 1. The van der Waals surface area contributed by atoms with E-state index in [1.165, 1.54) is 12.1 Å². The molecule has 0 spiro atoms. The van der Waals surface area contributed by atoms with E-state index in [9.17, 15) is 22.9 Å². The molecule has 1 amide bonds. The third-order valence-electron chi connectivity index (χ3n) is 7.39. The number of morpholine rings is 1. The number of ether oxygens (including phenoxy) is 1. The number of halogens is 3. The second-order valence-electron chi connectivity index (χ2n) is 11.3. The van der Waals surface area contributed by atoms with E-state index < -0.39 is 50.1 Å². The van der Waals surface area contributed by atoms with Gasteiger partial charge in [0, 0.05) is 11.1 Å². The van der Waals surface area contributed by atoms with Crippen molar-refractivity contribution in [1.29, 1.82) is 5.26 Å². The van der Waals surface area contributed by atoms with Gasteiger partial charge in [0.1, 0.15) is 11.9 Å². The van der Waals surface area contributed by atoms with Crippen molar-refractivity contribution in [2.75, 3.05) is 5.75 Å². The molecule has 1 heterocycles. The zero-order valence-corrected chi connectivity index (χ0v) is 24.1. The highest BCUT2D eigenvalue weighted by molar-refractivity contribution is 7.92. The van der Waals surface area contributed by atoms with Crippen molar-refractivity contribution >= 4 is 38.9 Å². The molecule has 0 bridgehead atoms. The monoisotopic (exact) mass is 580 g/mol. The number of hydrogen-bond donors (Lipinski definition) is 0. The van der Waals surface area contributed by atoms with E-state index in [4.69, 9.17) is 27.9 Å². The van der Waals surface area contributed by atoms with Crippen LogP contribution in [0.3, 0.4) is 0 Å². The van der Waals surface area contributed by atoms with Crippen LogP contribution in [0.2, 0.25) is 10.0 Å². The maximum absolute atomic E-state index is 14.8. The van der Waals surface area contributed by atoms with Crippen LogP contribution in [-0.4, -0.2) is 41.4 Å². The highest BCUT2D eigenvalue weighted by Crippen LogP contribution is 2.51. The van der Waals surface area contributed by atoms with Crippen LogP contribution in [0.1, 0.15) is 70.2 Å². The molecule has 4 rings (SSSR count). The third kappa shape index (κ3) is 5.58. The predicted octanol–water partition coefficient (Wildman–Crippen LogP) is 6.44. The molecule has 2 aliphatic rings. The molecule has 0 radical (unpaired) electrons. The fourth-order valence-electron chi connectivity index (χ4n) is 4.93. The van der Waals surface area contributed by atoms with E-state index in [0.717, 1.165) is 12.8 Å². The van der Waals surface area contributed by atoms with Crippen LogP contribution in [0.5, 0.6) is 0 Å². The molecule has 6 nitrogen and oxygen atoms in total. The summed E-state index contributed by atoms with van der Waals surface area (Å²) in [5.41, 5.74) is -0.530. The first-order valence-corrected chi connectivity index (χ1v) is 14.9. The fraction of sp³-hybridized carbons (Fsp3) is 0.500. The lowest BCUT2D eigenvalue weighted by molar-refractivity contribution is -0.201. The Bertz CT molecular complexity index is 1380. The van der Waals surface area contributed by atoms with E-state index in [-0.39, 0.29) is 23.1 Å². The standard InChI is InChI=1S/C28H31Cl2FN2O4S/c1-27(2,3)38(35,36)16-23(17-8-9-17)33-24(18-10-11-21(30)22(31)15-18)25(19-6-5-7-20(29)14-19)37-28(4,12-13-32)26(33)34/h5-7,10-11,14-15,17,23-25H,8-9,12,16H2,1-4H3/t23?,24-,25+,28+/m0/s1. The van der Waals surface area contributed by atoms with Crippen molar-refractivity contribution in [2.24, 2.45) is 5.92 Å². The number of nitriles is 1. The topological polar surface area (TPSA) is 87.5 Å². The number of benzene rings is 2. The summed E-state index contributed by atoms with van der Waals surface area (Å²) in [5.74, 6) is -1.49. The molecule has 1 saturated heterocycles. The number of rotatable bonds is 7. The van der Waals surface area contributed by atoms with Gasteiger partial charge in [-0.2, -0.15) is 5.26 Å². The summed E-state index contributed by atoms with van der Waals surface area (Å²) in [7, 11) is -3.65. The van der Waals surface area contributed by atoms with Gasteiger partial charge in [-0.15, -0.1) is 0 Å². The van der Waals surface area contributed by atoms with E-state index in [1.807, 2.05) is 6.07 Å². The maximum Gasteiger partial charge on any atom is 0.256 e. The van der Waals surface area contributed by atoms with Gasteiger partial charge >= 0.3 is 0 Å². The molecule has 4 atom stereocenters. The molecular formula is C28H31Cl2FN2O4S. The minimum absolute atomic E-state index is 0.0554. The van der Waals surface area contributed by atoms with Gasteiger partial charge in [0.05, 0.1) is 34.1 Å². The Kier molecular flexibility index (Phi) is 7.90. The van der Waals surface area contributed by atoms with Crippen molar-refractivity contribution in [3.05, 3.63) is 69.5 Å². The van der Waals surface area contributed by atoms with Crippen LogP contribution in [0.15, 0.2) is 42.5 Å². The summed E-state index contributed by atoms with van der Waals surface area (Å²) in [6, 6.07) is 11.7. The van der Waals surface area contributed by atoms with Gasteiger partial charge in [-0.3, -0.25) is 4.79 Å². The lowest BCUT2D eigenvalue weighted by atomic mass is 9.86. The Hall–Kier alpha value is -2.18. The molecular weight excluding hydrogens is 550 g/mol. The summed E-state index contributed by atoms with van der Waals surface area (Å²) in [6.45, 7) is 6.44. The normalized spacial score (nSPS) is 25.2. The van der Waals surface area contributed by atoms with Crippen LogP contribution in [-0.2, 0) is 19.4 Å². The molecule has 38 heavy (non-hydrogen) atoms. The van der Waals surface area contributed by atoms with E-state index >= 15 is 0 Å². The number of hydrogen-bond acceptors (Lipinski definition) is 5. The molecule has 1 aliphatic carbocycles. The summed E-state index contributed by atoms with van der Waals surface area (Å²) < 4.78 is 47.1. The van der Waals surface area contributed by atoms with Crippen molar-refractivity contribution in [3.8, 4) is 6.07 Å². The Morgan fingerprint density at radius 1 is 1.18 bits per heavy atom. The first kappa shape index (κ1) is 28.8. The molecule has 0 aromatic heterocycles. The molecule has 1 aliphatic heterocycles. The van der Waals surface area contributed by atoms with E-state index in [1.54, 1.807) is 62.9 Å².